The average Bonchev–Trinajstić information content (AvgIpc) is 3.01. The number of hydrogen-bond donors (Lipinski definition) is 3. The zero-order valence-electron chi connectivity index (χ0n) is 22.5. The third-order valence-electron chi connectivity index (χ3n) is 11.4. The number of carbonyl (C=O) groups excluding carboxylic acids is 1. The second kappa shape index (κ2) is 8.28. The van der Waals surface area contributed by atoms with Gasteiger partial charge < -0.3 is 20.1 Å². The molecule has 9 atom stereocenters. The lowest BCUT2D eigenvalue weighted by Gasteiger charge is -2.66. The number of aliphatic hydroxyl groups excluding tert-OH is 2. The number of allylic oxidation sites excluding steroid dienone is 1. The smallest absolute Gasteiger partial charge is 0.127 e. The molecule has 4 heteroatoms. The van der Waals surface area contributed by atoms with Crippen molar-refractivity contribution < 1.29 is 20.1 Å². The Kier molecular flexibility index (Phi) is 6.36. The van der Waals surface area contributed by atoms with E-state index in [0.29, 0.717) is 18.3 Å². The molecule has 4 aliphatic carbocycles. The Morgan fingerprint density at radius 1 is 1.06 bits per heavy atom. The lowest BCUT2D eigenvalue weighted by molar-refractivity contribution is -0.182. The van der Waals surface area contributed by atoms with Gasteiger partial charge in [-0.2, -0.15) is 0 Å². The van der Waals surface area contributed by atoms with E-state index in [1.807, 2.05) is 12.2 Å². The molecule has 34 heavy (non-hydrogen) atoms. The van der Waals surface area contributed by atoms with Crippen LogP contribution in [0.15, 0.2) is 23.8 Å². The van der Waals surface area contributed by atoms with Crippen molar-refractivity contribution >= 4 is 6.29 Å². The first-order chi connectivity index (χ1) is 15.6. The van der Waals surface area contributed by atoms with Crippen molar-refractivity contribution in [2.45, 2.75) is 111 Å². The Balaban J connectivity index is 1.70. The van der Waals surface area contributed by atoms with Gasteiger partial charge in [0.2, 0.25) is 0 Å². The van der Waals surface area contributed by atoms with Gasteiger partial charge >= 0.3 is 0 Å². The Labute approximate surface area is 206 Å². The molecule has 4 rings (SSSR count). The van der Waals surface area contributed by atoms with Gasteiger partial charge in [0.25, 0.3) is 0 Å². The quantitative estimate of drug-likeness (QED) is 0.367. The van der Waals surface area contributed by atoms with Crippen molar-refractivity contribution in [2.24, 2.45) is 45.3 Å². The van der Waals surface area contributed by atoms with Crippen LogP contribution in [0.1, 0.15) is 93.4 Å². The van der Waals surface area contributed by atoms with Crippen LogP contribution in [0.3, 0.4) is 0 Å². The summed E-state index contributed by atoms with van der Waals surface area (Å²) in [5.41, 5.74) is -0.705. The molecule has 0 bridgehead atoms. The van der Waals surface area contributed by atoms with Crippen molar-refractivity contribution in [2.75, 3.05) is 0 Å². The molecule has 0 amide bonds. The zero-order chi connectivity index (χ0) is 25.3. The van der Waals surface area contributed by atoms with Crippen LogP contribution in [0, 0.1) is 45.3 Å². The molecule has 0 heterocycles. The third kappa shape index (κ3) is 3.61. The third-order valence-corrected chi connectivity index (χ3v) is 11.4. The van der Waals surface area contributed by atoms with Crippen molar-refractivity contribution in [3.05, 3.63) is 23.8 Å². The predicted molar refractivity (Wildman–Crippen MR) is 136 cm³/mol. The summed E-state index contributed by atoms with van der Waals surface area (Å²) in [6.07, 6.45) is 12.7. The monoisotopic (exact) mass is 472 g/mol. The van der Waals surface area contributed by atoms with Gasteiger partial charge in [0.15, 0.2) is 0 Å². The van der Waals surface area contributed by atoms with Gasteiger partial charge in [-0.15, -0.1) is 0 Å². The summed E-state index contributed by atoms with van der Waals surface area (Å²) in [6.45, 7) is 14.9. The van der Waals surface area contributed by atoms with Gasteiger partial charge in [-0.05, 0) is 87.4 Å². The van der Waals surface area contributed by atoms with Gasteiger partial charge in [0.05, 0.1) is 17.8 Å². The van der Waals surface area contributed by atoms with E-state index in [1.54, 1.807) is 13.8 Å². The van der Waals surface area contributed by atoms with Crippen LogP contribution in [-0.4, -0.2) is 39.4 Å². The Morgan fingerprint density at radius 3 is 2.35 bits per heavy atom. The highest BCUT2D eigenvalue weighted by molar-refractivity contribution is 5.65. The standard InChI is InChI=1S/C30H48O4/c1-19(9-8-13-26(2,3)34)20-12-14-29(7)25-23(32)17-22-21(10-11-24(33)27(22,4)5)30(25,18-31)16-15-28(20,29)6/h8,13,17-21,23-25,32-34H,9-12,14-16H2,1-7H3/b13-8+/t19-,20-,21+,23+,24+,25+,28-,29+,30-/m1/s1. The second-order valence-corrected chi connectivity index (χ2v) is 13.9. The van der Waals surface area contributed by atoms with Gasteiger partial charge in [0, 0.05) is 16.7 Å². The van der Waals surface area contributed by atoms with E-state index in [2.05, 4.69) is 40.7 Å². The Hall–Kier alpha value is -0.970. The topological polar surface area (TPSA) is 77.8 Å². The van der Waals surface area contributed by atoms with Gasteiger partial charge in [-0.1, -0.05) is 58.4 Å². The molecule has 0 aromatic rings. The second-order valence-electron chi connectivity index (χ2n) is 13.9. The Morgan fingerprint density at radius 2 is 1.74 bits per heavy atom. The van der Waals surface area contributed by atoms with Gasteiger partial charge in [-0.3, -0.25) is 0 Å². The molecule has 4 aliphatic rings. The summed E-state index contributed by atoms with van der Waals surface area (Å²) < 4.78 is 0. The normalized spacial score (nSPS) is 46.9. The van der Waals surface area contributed by atoms with Crippen LogP contribution < -0.4 is 0 Å². The van der Waals surface area contributed by atoms with Crippen LogP contribution in [0.5, 0.6) is 0 Å². The number of fused-ring (bicyclic) bond motifs is 5. The molecule has 0 unspecified atom stereocenters. The van der Waals surface area contributed by atoms with E-state index in [1.165, 1.54) is 6.29 Å². The van der Waals surface area contributed by atoms with Crippen LogP contribution in [0.4, 0.5) is 0 Å². The fourth-order valence-electron chi connectivity index (χ4n) is 9.29. The number of hydrogen-bond acceptors (Lipinski definition) is 4. The van der Waals surface area contributed by atoms with E-state index < -0.39 is 28.6 Å². The van der Waals surface area contributed by atoms with E-state index in [4.69, 9.17) is 0 Å². The Bertz CT molecular complexity index is 866. The fraction of sp³-hybridized carbons (Fsp3) is 0.833. The van der Waals surface area contributed by atoms with E-state index in [9.17, 15) is 20.1 Å². The van der Waals surface area contributed by atoms with Crippen LogP contribution in [0.25, 0.3) is 0 Å². The van der Waals surface area contributed by atoms with Crippen LogP contribution in [-0.2, 0) is 4.79 Å². The van der Waals surface area contributed by atoms with E-state index in [0.717, 1.165) is 44.1 Å². The number of aldehydes is 1. The van der Waals surface area contributed by atoms with Crippen molar-refractivity contribution in [3.63, 3.8) is 0 Å². The molecule has 0 aliphatic heterocycles. The highest BCUT2D eigenvalue weighted by Gasteiger charge is 2.70. The van der Waals surface area contributed by atoms with Crippen molar-refractivity contribution in [3.8, 4) is 0 Å². The number of carbonyl (C=O) groups is 1. The van der Waals surface area contributed by atoms with Crippen LogP contribution in [0.2, 0.25) is 0 Å². The minimum atomic E-state index is -0.792. The molecular weight excluding hydrogens is 424 g/mol. The molecule has 4 nitrogen and oxygen atoms in total. The van der Waals surface area contributed by atoms with Crippen molar-refractivity contribution in [1.29, 1.82) is 0 Å². The predicted octanol–water partition coefficient (Wildman–Crippen LogP) is 5.46. The summed E-state index contributed by atoms with van der Waals surface area (Å²) in [5, 5.41) is 32.5. The van der Waals surface area contributed by atoms with E-state index in [-0.39, 0.29) is 22.7 Å². The molecule has 3 saturated carbocycles. The minimum absolute atomic E-state index is 0.0577. The first kappa shape index (κ1) is 26.1. The highest BCUT2D eigenvalue weighted by atomic mass is 16.3. The number of aliphatic hydroxyl groups is 3. The zero-order valence-corrected chi connectivity index (χ0v) is 22.5. The first-order valence-electron chi connectivity index (χ1n) is 13.6. The van der Waals surface area contributed by atoms with Gasteiger partial charge in [0.1, 0.15) is 6.29 Å². The highest BCUT2D eigenvalue weighted by Crippen LogP contribution is 2.74. The minimum Gasteiger partial charge on any atom is -0.392 e. The molecule has 0 radical (unpaired) electrons. The summed E-state index contributed by atoms with van der Waals surface area (Å²) in [6, 6.07) is 0. The lowest BCUT2D eigenvalue weighted by atomic mass is 9.38. The summed E-state index contributed by atoms with van der Waals surface area (Å²) in [5.74, 6) is 1.03. The SMILES string of the molecule is C[C@H](C/C=C/C(C)(C)O)[C@H]1CC[C@@]2(C)[C@@H]3[C@@H](O)C=C4[C@H](CC[C@H](O)C4(C)C)[C@]3(C=O)CC[C@]12C. The summed E-state index contributed by atoms with van der Waals surface area (Å²) in [7, 11) is 0. The number of rotatable bonds is 5. The first-order valence-corrected chi connectivity index (χ1v) is 13.6. The summed E-state index contributed by atoms with van der Waals surface area (Å²) >= 11 is 0. The fourth-order valence-corrected chi connectivity index (χ4v) is 9.29. The maximum Gasteiger partial charge on any atom is 0.127 e. The largest absolute Gasteiger partial charge is 0.392 e. The van der Waals surface area contributed by atoms with Crippen LogP contribution >= 0.6 is 0 Å². The maximum absolute atomic E-state index is 13.1. The summed E-state index contributed by atoms with van der Waals surface area (Å²) in [4.78, 5) is 13.1. The molecule has 0 saturated heterocycles. The molecule has 0 aromatic carbocycles. The molecule has 3 N–H and O–H groups in total. The van der Waals surface area contributed by atoms with Crippen molar-refractivity contribution in [1.82, 2.24) is 0 Å². The maximum atomic E-state index is 13.1. The van der Waals surface area contributed by atoms with E-state index >= 15 is 0 Å². The molecular formula is C30H48O4. The lowest BCUT2D eigenvalue weighted by Crippen LogP contribution is -2.64. The average molecular weight is 473 g/mol. The molecule has 3 fully saturated rings. The molecule has 0 spiro atoms. The van der Waals surface area contributed by atoms with Gasteiger partial charge in [-0.25, -0.2) is 0 Å². The molecule has 192 valence electrons. The molecule has 0 aromatic heterocycles.